The summed E-state index contributed by atoms with van der Waals surface area (Å²) in [5.41, 5.74) is 2.92. The van der Waals surface area contributed by atoms with Crippen LogP contribution in [0.25, 0.3) is 0 Å². The second-order valence-electron chi connectivity index (χ2n) is 6.68. The smallest absolute Gasteiger partial charge is 0.161 e. The van der Waals surface area contributed by atoms with Crippen molar-refractivity contribution < 1.29 is 9.47 Å². The van der Waals surface area contributed by atoms with Crippen LogP contribution in [0.5, 0.6) is 11.5 Å². The maximum absolute atomic E-state index is 5.41. The summed E-state index contributed by atoms with van der Waals surface area (Å²) in [5, 5.41) is 3.55. The van der Waals surface area contributed by atoms with E-state index in [2.05, 4.69) is 43.1 Å². The van der Waals surface area contributed by atoms with E-state index < -0.39 is 0 Å². The fraction of sp³-hybridized carbons (Fsp3) is 0.647. The first-order valence-electron chi connectivity index (χ1n) is 7.64. The third-order valence-corrected chi connectivity index (χ3v) is 3.88. The van der Waals surface area contributed by atoms with Gasteiger partial charge in [-0.2, -0.15) is 0 Å². The molecule has 4 heteroatoms. The lowest BCUT2D eigenvalue weighted by atomic mass is 9.99. The second kappa shape index (κ2) is 6.67. The molecule has 0 atom stereocenters. The topological polar surface area (TPSA) is 33.7 Å². The molecule has 0 unspecified atom stereocenters. The molecule has 1 aromatic rings. The van der Waals surface area contributed by atoms with Crippen molar-refractivity contribution in [2.45, 2.75) is 39.3 Å². The highest BCUT2D eigenvalue weighted by Gasteiger charge is 2.19. The number of fused-ring (bicyclic) bond motifs is 1. The van der Waals surface area contributed by atoms with Gasteiger partial charge < -0.3 is 14.8 Å². The zero-order valence-corrected chi connectivity index (χ0v) is 14.0. The predicted molar refractivity (Wildman–Crippen MR) is 86.3 cm³/mol. The van der Waals surface area contributed by atoms with Gasteiger partial charge in [-0.1, -0.05) is 0 Å². The van der Waals surface area contributed by atoms with Crippen LogP contribution >= 0.6 is 0 Å². The summed E-state index contributed by atoms with van der Waals surface area (Å²) in [4.78, 5) is 2.49. The lowest BCUT2D eigenvalue weighted by Gasteiger charge is -2.31. The molecule has 0 aliphatic carbocycles. The first-order chi connectivity index (χ1) is 9.93. The van der Waals surface area contributed by atoms with Gasteiger partial charge in [0.1, 0.15) is 0 Å². The summed E-state index contributed by atoms with van der Waals surface area (Å²) in [6.07, 6.45) is 1.07. The molecule has 4 nitrogen and oxygen atoms in total. The first-order valence-corrected chi connectivity index (χ1v) is 7.64. The van der Waals surface area contributed by atoms with E-state index in [4.69, 9.17) is 9.47 Å². The molecular formula is C17H28N2O2. The molecule has 1 aliphatic rings. The van der Waals surface area contributed by atoms with E-state index in [9.17, 15) is 0 Å². The van der Waals surface area contributed by atoms with E-state index >= 15 is 0 Å². The maximum atomic E-state index is 5.41. The number of ether oxygens (including phenoxy) is 2. The van der Waals surface area contributed by atoms with Crippen LogP contribution in [0, 0.1) is 0 Å². The van der Waals surface area contributed by atoms with Crippen LogP contribution in [0.3, 0.4) is 0 Å². The number of methoxy groups -OCH3 is 2. The highest BCUT2D eigenvalue weighted by Crippen LogP contribution is 2.33. The first kappa shape index (κ1) is 16.1. The predicted octanol–water partition coefficient (Wildman–Crippen LogP) is 2.45. The molecule has 0 spiro atoms. The molecule has 0 saturated heterocycles. The van der Waals surface area contributed by atoms with E-state index in [0.717, 1.165) is 44.1 Å². The maximum Gasteiger partial charge on any atom is 0.161 e. The van der Waals surface area contributed by atoms with E-state index in [1.165, 1.54) is 11.1 Å². The van der Waals surface area contributed by atoms with Crippen molar-refractivity contribution in [3.05, 3.63) is 23.3 Å². The Morgan fingerprint density at radius 3 is 2.29 bits per heavy atom. The number of nitrogens with one attached hydrogen (secondary N) is 1. The van der Waals surface area contributed by atoms with Gasteiger partial charge in [-0.3, -0.25) is 4.90 Å². The summed E-state index contributed by atoms with van der Waals surface area (Å²) in [6.45, 7) is 10.8. The summed E-state index contributed by atoms with van der Waals surface area (Å²) in [5.74, 6) is 1.66. The summed E-state index contributed by atoms with van der Waals surface area (Å²) >= 11 is 0. The minimum absolute atomic E-state index is 0.185. The number of hydrogen-bond acceptors (Lipinski definition) is 4. The lowest BCUT2D eigenvalue weighted by molar-refractivity contribution is 0.242. The molecule has 1 aromatic carbocycles. The summed E-state index contributed by atoms with van der Waals surface area (Å²) in [6, 6.07) is 4.25. The van der Waals surface area contributed by atoms with Crippen LogP contribution in [0.2, 0.25) is 0 Å². The Kier molecular flexibility index (Phi) is 5.12. The Morgan fingerprint density at radius 1 is 1.10 bits per heavy atom. The van der Waals surface area contributed by atoms with Crippen LogP contribution < -0.4 is 14.8 Å². The molecule has 21 heavy (non-hydrogen) atoms. The van der Waals surface area contributed by atoms with Gasteiger partial charge in [0.25, 0.3) is 0 Å². The Hall–Kier alpha value is -1.26. The second-order valence-corrected chi connectivity index (χ2v) is 6.68. The average Bonchev–Trinajstić information content (AvgIpc) is 2.44. The molecule has 0 amide bonds. The zero-order chi connectivity index (χ0) is 15.5. The van der Waals surface area contributed by atoms with E-state index in [1.807, 2.05) is 0 Å². The highest BCUT2D eigenvalue weighted by atomic mass is 16.5. The molecule has 0 fully saturated rings. The zero-order valence-electron chi connectivity index (χ0n) is 14.0. The van der Waals surface area contributed by atoms with Crippen molar-refractivity contribution in [2.24, 2.45) is 0 Å². The average molecular weight is 292 g/mol. The fourth-order valence-electron chi connectivity index (χ4n) is 2.72. The van der Waals surface area contributed by atoms with Crippen molar-refractivity contribution in [3.8, 4) is 11.5 Å². The molecule has 1 aliphatic heterocycles. The molecule has 0 saturated carbocycles. The highest BCUT2D eigenvalue weighted by molar-refractivity contribution is 5.48. The van der Waals surface area contributed by atoms with Crippen LogP contribution in [0.1, 0.15) is 31.9 Å². The third kappa shape index (κ3) is 4.35. The van der Waals surface area contributed by atoms with Crippen LogP contribution in [-0.2, 0) is 13.0 Å². The fourth-order valence-corrected chi connectivity index (χ4v) is 2.72. The van der Waals surface area contributed by atoms with Crippen molar-refractivity contribution in [3.63, 3.8) is 0 Å². The van der Waals surface area contributed by atoms with Gasteiger partial charge in [-0.25, -0.2) is 0 Å². The molecular weight excluding hydrogens is 264 g/mol. The van der Waals surface area contributed by atoms with E-state index in [1.54, 1.807) is 14.2 Å². The van der Waals surface area contributed by atoms with Gasteiger partial charge in [0, 0.05) is 31.7 Å². The largest absolute Gasteiger partial charge is 0.493 e. The monoisotopic (exact) mass is 292 g/mol. The number of hydrogen-bond donors (Lipinski definition) is 1. The molecule has 0 radical (unpaired) electrons. The Bertz CT molecular complexity index is 480. The van der Waals surface area contributed by atoms with Gasteiger partial charge in [0.15, 0.2) is 11.5 Å². The molecule has 1 N–H and O–H groups in total. The normalized spacial score (nSPS) is 15.7. The quantitative estimate of drug-likeness (QED) is 0.904. The van der Waals surface area contributed by atoms with Crippen molar-refractivity contribution >= 4 is 0 Å². The standard InChI is InChI=1S/C17H28N2O2/c1-17(2,3)18-7-9-19-8-6-13-10-15(20-4)16(21-5)11-14(13)12-19/h10-11,18H,6-9,12H2,1-5H3. The minimum Gasteiger partial charge on any atom is -0.493 e. The Balaban J connectivity index is 1.99. The Labute approximate surface area is 128 Å². The number of benzene rings is 1. The SMILES string of the molecule is COc1cc2c(cc1OC)CN(CCNC(C)(C)C)CC2. The summed E-state index contributed by atoms with van der Waals surface area (Å²) in [7, 11) is 3.38. The van der Waals surface area contributed by atoms with Crippen LogP contribution in [0.4, 0.5) is 0 Å². The van der Waals surface area contributed by atoms with Crippen LogP contribution in [0.15, 0.2) is 12.1 Å². The molecule has 0 aromatic heterocycles. The van der Waals surface area contributed by atoms with Crippen molar-refractivity contribution in [1.82, 2.24) is 10.2 Å². The van der Waals surface area contributed by atoms with Gasteiger partial charge >= 0.3 is 0 Å². The van der Waals surface area contributed by atoms with Crippen LogP contribution in [-0.4, -0.2) is 44.3 Å². The minimum atomic E-state index is 0.185. The Morgan fingerprint density at radius 2 is 1.71 bits per heavy atom. The molecule has 0 bridgehead atoms. The number of rotatable bonds is 5. The number of nitrogens with zero attached hydrogens (tertiary/aromatic N) is 1. The summed E-state index contributed by atoms with van der Waals surface area (Å²) < 4.78 is 10.8. The van der Waals surface area contributed by atoms with Gasteiger partial charge in [0.2, 0.25) is 0 Å². The molecule has 118 valence electrons. The third-order valence-electron chi connectivity index (χ3n) is 3.88. The van der Waals surface area contributed by atoms with Gasteiger partial charge in [-0.15, -0.1) is 0 Å². The van der Waals surface area contributed by atoms with Crippen molar-refractivity contribution in [1.29, 1.82) is 0 Å². The molecule has 1 heterocycles. The van der Waals surface area contributed by atoms with E-state index in [-0.39, 0.29) is 5.54 Å². The van der Waals surface area contributed by atoms with Crippen molar-refractivity contribution in [2.75, 3.05) is 33.9 Å². The van der Waals surface area contributed by atoms with E-state index in [0.29, 0.717) is 0 Å². The molecule has 2 rings (SSSR count). The van der Waals surface area contributed by atoms with Gasteiger partial charge in [0.05, 0.1) is 14.2 Å². The van der Waals surface area contributed by atoms with Gasteiger partial charge in [-0.05, 0) is 50.5 Å². The lowest BCUT2D eigenvalue weighted by Crippen LogP contribution is -2.42.